The van der Waals surface area contributed by atoms with E-state index in [2.05, 4.69) is 10.6 Å². The molecule has 2 N–H and O–H groups in total. The third-order valence-electron chi connectivity index (χ3n) is 5.36. The number of pyridine rings is 1. The fourth-order valence-electron chi connectivity index (χ4n) is 3.69. The average molecular weight is 492 g/mol. The molecule has 35 heavy (non-hydrogen) atoms. The maximum Gasteiger partial charge on any atom is 0.263 e. The molecule has 0 aliphatic heterocycles. The second-order valence-electron chi connectivity index (χ2n) is 7.52. The van der Waals surface area contributed by atoms with Crippen LogP contribution in [-0.4, -0.2) is 37.1 Å². The summed E-state index contributed by atoms with van der Waals surface area (Å²) in [6, 6.07) is 18.7. The highest BCUT2D eigenvalue weighted by molar-refractivity contribution is 6.32. The van der Waals surface area contributed by atoms with Crippen LogP contribution in [0.25, 0.3) is 16.5 Å². The summed E-state index contributed by atoms with van der Waals surface area (Å²) >= 11 is 6.09. The molecule has 0 unspecified atom stereocenters. The number of halogens is 1. The van der Waals surface area contributed by atoms with Crippen molar-refractivity contribution in [1.29, 1.82) is 0 Å². The van der Waals surface area contributed by atoms with Crippen LogP contribution in [0.5, 0.6) is 11.5 Å². The first-order valence-electron chi connectivity index (χ1n) is 10.6. The number of nitrogens with one attached hydrogen (secondary N) is 2. The number of nitrogens with zero attached hydrogens (tertiary/aromatic N) is 1. The highest BCUT2D eigenvalue weighted by atomic mass is 35.5. The molecule has 0 saturated carbocycles. The van der Waals surface area contributed by atoms with Crippen molar-refractivity contribution < 1.29 is 19.1 Å². The predicted molar refractivity (Wildman–Crippen MR) is 135 cm³/mol. The van der Waals surface area contributed by atoms with Gasteiger partial charge in [0.1, 0.15) is 11.5 Å². The van der Waals surface area contributed by atoms with Gasteiger partial charge in [-0.05, 0) is 36.4 Å². The van der Waals surface area contributed by atoms with Gasteiger partial charge in [0, 0.05) is 22.7 Å². The number of benzene rings is 3. The number of methoxy groups -OCH3 is 2. The zero-order chi connectivity index (χ0) is 24.9. The quantitative estimate of drug-likeness (QED) is 0.406. The first kappa shape index (κ1) is 23.8. The fraction of sp³-hybridized carbons (Fsp3) is 0.115. The van der Waals surface area contributed by atoms with Crippen molar-refractivity contribution in [3.63, 3.8) is 0 Å². The Morgan fingerprint density at radius 2 is 1.60 bits per heavy atom. The number of hydrogen-bond acceptors (Lipinski definition) is 5. The fourth-order valence-corrected chi connectivity index (χ4v) is 3.94. The van der Waals surface area contributed by atoms with E-state index >= 15 is 0 Å². The summed E-state index contributed by atoms with van der Waals surface area (Å²) in [5.41, 5.74) is 0.904. The molecule has 0 aliphatic carbocycles. The Morgan fingerprint density at radius 3 is 2.31 bits per heavy atom. The molecule has 0 atom stereocenters. The maximum absolute atomic E-state index is 13.2. The first-order valence-corrected chi connectivity index (χ1v) is 11.0. The highest BCUT2D eigenvalue weighted by Crippen LogP contribution is 2.27. The van der Waals surface area contributed by atoms with E-state index in [1.165, 1.54) is 25.0 Å². The molecule has 0 aliphatic rings. The third-order valence-corrected chi connectivity index (χ3v) is 5.65. The number of rotatable bonds is 7. The Balaban J connectivity index is 1.61. The lowest BCUT2D eigenvalue weighted by Crippen LogP contribution is -2.34. The molecule has 0 spiro atoms. The standard InChI is InChI=1S/C26H22ClN3O5/c1-34-22-12-11-16(13-20(22)27)29-24(31)14-28-25(32)19-15-30(21-9-5-6-10-23(21)35-2)26(33)18-8-4-3-7-17(18)19/h3-13,15H,14H2,1-2H3,(H,28,32)(H,29,31). The van der Waals surface area contributed by atoms with Gasteiger partial charge in [-0.3, -0.25) is 19.0 Å². The van der Waals surface area contributed by atoms with Gasteiger partial charge in [-0.25, -0.2) is 0 Å². The Morgan fingerprint density at radius 1 is 0.914 bits per heavy atom. The van der Waals surface area contributed by atoms with E-state index in [4.69, 9.17) is 21.1 Å². The van der Waals surface area contributed by atoms with Crippen LogP contribution in [0.4, 0.5) is 5.69 Å². The molecule has 2 amide bonds. The van der Waals surface area contributed by atoms with E-state index in [1.54, 1.807) is 66.7 Å². The summed E-state index contributed by atoms with van der Waals surface area (Å²) in [4.78, 5) is 38.8. The Hall–Kier alpha value is -4.30. The Bertz CT molecular complexity index is 1480. The smallest absolute Gasteiger partial charge is 0.263 e. The lowest BCUT2D eigenvalue weighted by molar-refractivity contribution is -0.115. The zero-order valence-corrected chi connectivity index (χ0v) is 19.8. The number of carbonyl (C=O) groups is 2. The van der Waals surface area contributed by atoms with Crippen LogP contribution in [0.2, 0.25) is 5.02 Å². The molecule has 0 radical (unpaired) electrons. The summed E-state index contributed by atoms with van der Waals surface area (Å²) < 4.78 is 11.9. The van der Waals surface area contributed by atoms with Crippen molar-refractivity contribution in [1.82, 2.24) is 9.88 Å². The van der Waals surface area contributed by atoms with Crippen molar-refractivity contribution in [2.24, 2.45) is 0 Å². The van der Waals surface area contributed by atoms with Gasteiger partial charge in [-0.1, -0.05) is 41.9 Å². The minimum atomic E-state index is -0.507. The minimum absolute atomic E-state index is 0.242. The molecular weight excluding hydrogens is 470 g/mol. The molecule has 4 aromatic rings. The molecule has 3 aromatic carbocycles. The molecule has 8 nitrogen and oxygen atoms in total. The lowest BCUT2D eigenvalue weighted by Gasteiger charge is -2.15. The van der Waals surface area contributed by atoms with Gasteiger partial charge in [-0.15, -0.1) is 0 Å². The number of anilines is 1. The molecule has 9 heteroatoms. The Labute approximate surface area is 206 Å². The van der Waals surface area contributed by atoms with Gasteiger partial charge in [-0.2, -0.15) is 0 Å². The molecule has 0 fully saturated rings. The molecule has 1 aromatic heterocycles. The van der Waals surface area contributed by atoms with E-state index < -0.39 is 11.8 Å². The van der Waals surface area contributed by atoms with Crippen molar-refractivity contribution in [3.05, 3.63) is 93.9 Å². The third kappa shape index (κ3) is 4.97. The topological polar surface area (TPSA) is 98.7 Å². The van der Waals surface area contributed by atoms with Crippen molar-refractivity contribution in [2.75, 3.05) is 26.1 Å². The Kier molecular flexibility index (Phi) is 7.03. The van der Waals surface area contributed by atoms with Crippen LogP contribution >= 0.6 is 11.6 Å². The van der Waals surface area contributed by atoms with Crippen molar-refractivity contribution in [3.8, 4) is 17.2 Å². The van der Waals surface area contributed by atoms with Crippen LogP contribution in [-0.2, 0) is 4.79 Å². The van der Waals surface area contributed by atoms with E-state index in [0.29, 0.717) is 38.7 Å². The average Bonchev–Trinajstić information content (AvgIpc) is 2.88. The van der Waals surface area contributed by atoms with Crippen LogP contribution < -0.4 is 25.7 Å². The van der Waals surface area contributed by atoms with Gasteiger partial charge < -0.3 is 20.1 Å². The first-order chi connectivity index (χ1) is 16.9. The van der Waals surface area contributed by atoms with E-state index in [9.17, 15) is 14.4 Å². The maximum atomic E-state index is 13.2. The van der Waals surface area contributed by atoms with Crippen LogP contribution in [0.1, 0.15) is 10.4 Å². The summed E-state index contributed by atoms with van der Waals surface area (Å²) in [5, 5.41) is 6.48. The van der Waals surface area contributed by atoms with Gasteiger partial charge in [0.05, 0.1) is 37.0 Å². The normalized spacial score (nSPS) is 10.6. The van der Waals surface area contributed by atoms with Gasteiger partial charge in [0.25, 0.3) is 11.5 Å². The van der Waals surface area contributed by atoms with Gasteiger partial charge in [0.2, 0.25) is 5.91 Å². The largest absolute Gasteiger partial charge is 0.495 e. The van der Waals surface area contributed by atoms with Gasteiger partial charge >= 0.3 is 0 Å². The van der Waals surface area contributed by atoms with E-state index in [-0.39, 0.29) is 17.7 Å². The van der Waals surface area contributed by atoms with Crippen LogP contribution in [0.3, 0.4) is 0 Å². The second kappa shape index (κ2) is 10.3. The number of carbonyl (C=O) groups excluding carboxylic acids is 2. The number of ether oxygens (including phenoxy) is 2. The molecular formula is C26H22ClN3O5. The number of para-hydroxylation sites is 2. The number of fused-ring (bicyclic) bond motifs is 1. The number of amides is 2. The predicted octanol–water partition coefficient (Wildman–Crippen LogP) is 4.03. The van der Waals surface area contributed by atoms with Crippen molar-refractivity contribution >= 4 is 39.9 Å². The lowest BCUT2D eigenvalue weighted by atomic mass is 10.1. The zero-order valence-electron chi connectivity index (χ0n) is 19.0. The molecule has 178 valence electrons. The highest BCUT2D eigenvalue weighted by Gasteiger charge is 2.18. The van der Waals surface area contributed by atoms with Crippen molar-refractivity contribution in [2.45, 2.75) is 0 Å². The summed E-state index contributed by atoms with van der Waals surface area (Å²) in [5.74, 6) is 0.0125. The van der Waals surface area contributed by atoms with Crippen LogP contribution in [0.15, 0.2) is 77.7 Å². The SMILES string of the molecule is COc1ccc(NC(=O)CNC(=O)c2cn(-c3ccccc3OC)c(=O)c3ccccc23)cc1Cl. The van der Waals surface area contributed by atoms with E-state index in [1.807, 2.05) is 0 Å². The second-order valence-corrected chi connectivity index (χ2v) is 7.92. The summed E-state index contributed by atoms with van der Waals surface area (Å²) in [7, 11) is 3.00. The number of aromatic nitrogens is 1. The minimum Gasteiger partial charge on any atom is -0.495 e. The molecule has 0 bridgehead atoms. The molecule has 1 heterocycles. The van der Waals surface area contributed by atoms with Gasteiger partial charge in [0.15, 0.2) is 0 Å². The summed E-state index contributed by atoms with van der Waals surface area (Å²) in [6.45, 7) is -0.287. The molecule has 0 saturated heterocycles. The molecule has 4 rings (SSSR count). The monoisotopic (exact) mass is 491 g/mol. The number of hydrogen-bond donors (Lipinski definition) is 2. The van der Waals surface area contributed by atoms with Crippen LogP contribution in [0, 0.1) is 0 Å². The summed E-state index contributed by atoms with van der Waals surface area (Å²) in [6.07, 6.45) is 1.46. The van der Waals surface area contributed by atoms with E-state index in [0.717, 1.165) is 0 Å².